The molecule has 1 aromatic rings. The molecule has 0 spiro atoms. The molecule has 0 bridgehead atoms. The average Bonchev–Trinajstić information content (AvgIpc) is 2.29. The first-order valence-corrected chi connectivity index (χ1v) is 5.72. The highest BCUT2D eigenvalue weighted by molar-refractivity contribution is 5.99. The summed E-state index contributed by atoms with van der Waals surface area (Å²) < 4.78 is 0. The molecule has 0 aliphatic carbocycles. The van der Waals surface area contributed by atoms with E-state index in [0.29, 0.717) is 17.8 Å². The van der Waals surface area contributed by atoms with Gasteiger partial charge in [0.1, 0.15) is 5.54 Å². The molecule has 5 heteroatoms. The molecule has 1 aromatic carbocycles. The van der Waals surface area contributed by atoms with Crippen molar-refractivity contribution in [3.63, 3.8) is 0 Å². The normalized spacial score (nSPS) is 11.1. The number of carbonyl (C=O) groups excluding carboxylic acids is 1. The molecule has 0 atom stereocenters. The van der Waals surface area contributed by atoms with Crippen LogP contribution in [0, 0.1) is 0 Å². The molecule has 0 radical (unpaired) electrons. The molecule has 0 fully saturated rings. The summed E-state index contributed by atoms with van der Waals surface area (Å²) in [5, 5.41) is 9.28. The number of amides is 1. The largest absolute Gasteiger partial charge is 0.480 e. The summed E-state index contributed by atoms with van der Waals surface area (Å²) in [6.45, 7) is 5.49. The van der Waals surface area contributed by atoms with Crippen LogP contribution in [0.4, 0.5) is 5.69 Å². The van der Waals surface area contributed by atoms with Crippen molar-refractivity contribution in [2.75, 3.05) is 11.4 Å². The van der Waals surface area contributed by atoms with Crippen LogP contribution in [0.3, 0.4) is 0 Å². The minimum Gasteiger partial charge on any atom is -0.480 e. The highest BCUT2D eigenvalue weighted by Gasteiger charge is 2.35. The second-order valence-corrected chi connectivity index (χ2v) is 4.49. The van der Waals surface area contributed by atoms with E-state index in [0.717, 1.165) is 0 Å². The number of benzene rings is 1. The monoisotopic (exact) mass is 250 g/mol. The Bertz CT molecular complexity index is 469. The molecule has 98 valence electrons. The van der Waals surface area contributed by atoms with Crippen molar-refractivity contribution in [3.05, 3.63) is 29.8 Å². The third-order valence-electron chi connectivity index (χ3n) is 2.97. The number of anilines is 1. The van der Waals surface area contributed by atoms with E-state index in [2.05, 4.69) is 0 Å². The fourth-order valence-corrected chi connectivity index (χ4v) is 1.90. The molecular weight excluding hydrogens is 232 g/mol. The predicted molar refractivity (Wildman–Crippen MR) is 69.7 cm³/mol. The average molecular weight is 250 g/mol. The second kappa shape index (κ2) is 5.08. The van der Waals surface area contributed by atoms with Gasteiger partial charge in [-0.05, 0) is 32.9 Å². The van der Waals surface area contributed by atoms with Gasteiger partial charge in [-0.3, -0.25) is 4.79 Å². The zero-order chi connectivity index (χ0) is 13.9. The number of nitrogens with two attached hydrogens (primary N) is 1. The van der Waals surface area contributed by atoms with Gasteiger partial charge in [0.2, 0.25) is 0 Å². The Balaban J connectivity index is 3.34. The van der Waals surface area contributed by atoms with Crippen molar-refractivity contribution in [1.29, 1.82) is 0 Å². The number of primary amides is 1. The number of para-hydroxylation sites is 1. The molecule has 1 amide bonds. The van der Waals surface area contributed by atoms with Gasteiger partial charge in [0.25, 0.3) is 5.91 Å². The van der Waals surface area contributed by atoms with Gasteiger partial charge in [-0.15, -0.1) is 0 Å². The van der Waals surface area contributed by atoms with E-state index in [1.54, 1.807) is 43.0 Å². The summed E-state index contributed by atoms with van der Waals surface area (Å²) in [4.78, 5) is 24.4. The molecule has 0 aliphatic rings. The Hall–Kier alpha value is -2.04. The van der Waals surface area contributed by atoms with Gasteiger partial charge < -0.3 is 15.7 Å². The third kappa shape index (κ3) is 2.45. The van der Waals surface area contributed by atoms with E-state index >= 15 is 0 Å². The Kier molecular flexibility index (Phi) is 3.96. The van der Waals surface area contributed by atoms with E-state index in [-0.39, 0.29) is 0 Å². The summed E-state index contributed by atoms with van der Waals surface area (Å²) in [6, 6.07) is 6.75. The first kappa shape index (κ1) is 14.0. The van der Waals surface area contributed by atoms with Crippen LogP contribution in [0.2, 0.25) is 0 Å². The lowest BCUT2D eigenvalue weighted by Gasteiger charge is -2.37. The fraction of sp³-hybridized carbons (Fsp3) is 0.385. The van der Waals surface area contributed by atoms with Crippen LogP contribution in [-0.2, 0) is 4.79 Å². The van der Waals surface area contributed by atoms with Crippen molar-refractivity contribution in [3.8, 4) is 0 Å². The van der Waals surface area contributed by atoms with Crippen LogP contribution < -0.4 is 10.6 Å². The van der Waals surface area contributed by atoms with Gasteiger partial charge >= 0.3 is 5.97 Å². The SMILES string of the molecule is CCN(c1ccccc1C(N)=O)C(C)(C)C(=O)O. The number of rotatable bonds is 5. The lowest BCUT2D eigenvalue weighted by atomic mass is 10.00. The predicted octanol–water partition coefficient (Wildman–Crippen LogP) is 1.47. The van der Waals surface area contributed by atoms with Gasteiger partial charge in [0.15, 0.2) is 0 Å². The van der Waals surface area contributed by atoms with E-state index in [9.17, 15) is 14.7 Å². The first-order valence-electron chi connectivity index (χ1n) is 5.72. The zero-order valence-corrected chi connectivity index (χ0v) is 10.8. The second-order valence-electron chi connectivity index (χ2n) is 4.49. The topological polar surface area (TPSA) is 83.6 Å². The minimum absolute atomic E-state index is 0.327. The van der Waals surface area contributed by atoms with Gasteiger partial charge in [0, 0.05) is 6.54 Å². The van der Waals surface area contributed by atoms with Crippen molar-refractivity contribution < 1.29 is 14.7 Å². The van der Waals surface area contributed by atoms with Crippen LogP contribution >= 0.6 is 0 Å². The molecular formula is C13H18N2O3. The summed E-state index contributed by atoms with van der Waals surface area (Å²) >= 11 is 0. The molecule has 3 N–H and O–H groups in total. The van der Waals surface area contributed by atoms with Crippen molar-refractivity contribution in [2.24, 2.45) is 5.73 Å². The van der Waals surface area contributed by atoms with E-state index < -0.39 is 17.4 Å². The summed E-state index contributed by atoms with van der Waals surface area (Å²) in [5.74, 6) is -1.52. The number of carboxylic acids is 1. The number of hydrogen-bond acceptors (Lipinski definition) is 3. The van der Waals surface area contributed by atoms with Crippen LogP contribution in [-0.4, -0.2) is 29.1 Å². The molecule has 0 aliphatic heterocycles. The van der Waals surface area contributed by atoms with Gasteiger partial charge in [-0.1, -0.05) is 12.1 Å². The summed E-state index contributed by atoms with van der Waals surface area (Å²) in [7, 11) is 0. The molecule has 0 aromatic heterocycles. The molecule has 0 saturated carbocycles. The number of aliphatic carboxylic acids is 1. The summed E-state index contributed by atoms with van der Waals surface area (Å²) in [5.41, 5.74) is 5.07. The molecule has 1 rings (SSSR count). The van der Waals surface area contributed by atoms with Crippen molar-refractivity contribution >= 4 is 17.6 Å². The highest BCUT2D eigenvalue weighted by atomic mass is 16.4. The van der Waals surface area contributed by atoms with Crippen molar-refractivity contribution in [1.82, 2.24) is 0 Å². The Morgan fingerprint density at radius 1 is 1.33 bits per heavy atom. The Labute approximate surface area is 106 Å². The quantitative estimate of drug-likeness (QED) is 0.829. The number of carboxylic acid groups (broad SMARTS) is 1. The maximum atomic E-state index is 11.4. The summed E-state index contributed by atoms with van der Waals surface area (Å²) in [6.07, 6.45) is 0. The van der Waals surface area contributed by atoms with Gasteiger partial charge in [-0.2, -0.15) is 0 Å². The molecule has 0 saturated heterocycles. The lowest BCUT2D eigenvalue weighted by Crippen LogP contribution is -2.51. The van der Waals surface area contributed by atoms with Crippen molar-refractivity contribution in [2.45, 2.75) is 26.3 Å². The minimum atomic E-state index is -1.11. The number of likely N-dealkylation sites (N-methyl/N-ethyl adjacent to an activating group) is 1. The van der Waals surface area contributed by atoms with Crippen LogP contribution in [0.1, 0.15) is 31.1 Å². The standard InChI is InChI=1S/C13H18N2O3/c1-4-15(13(2,3)12(17)18)10-8-6-5-7-9(10)11(14)16/h5-8H,4H2,1-3H3,(H2,14,16)(H,17,18). The Morgan fingerprint density at radius 3 is 2.33 bits per heavy atom. The third-order valence-corrected chi connectivity index (χ3v) is 2.97. The van der Waals surface area contributed by atoms with Crippen LogP contribution in [0.5, 0.6) is 0 Å². The fourth-order valence-electron chi connectivity index (χ4n) is 1.90. The maximum absolute atomic E-state index is 11.4. The molecule has 0 unspecified atom stereocenters. The van der Waals surface area contributed by atoms with Gasteiger partial charge in [-0.25, -0.2) is 4.79 Å². The Morgan fingerprint density at radius 2 is 1.89 bits per heavy atom. The van der Waals surface area contributed by atoms with Gasteiger partial charge in [0.05, 0.1) is 11.3 Å². The number of carbonyl (C=O) groups is 2. The number of hydrogen-bond donors (Lipinski definition) is 2. The smallest absolute Gasteiger partial charge is 0.328 e. The highest BCUT2D eigenvalue weighted by Crippen LogP contribution is 2.27. The molecule has 0 heterocycles. The molecule has 18 heavy (non-hydrogen) atoms. The zero-order valence-electron chi connectivity index (χ0n) is 10.8. The van der Waals surface area contributed by atoms with E-state index in [1.807, 2.05) is 6.92 Å². The number of nitrogens with zero attached hydrogens (tertiary/aromatic N) is 1. The van der Waals surface area contributed by atoms with E-state index in [1.165, 1.54) is 0 Å². The van der Waals surface area contributed by atoms with Crippen LogP contribution in [0.25, 0.3) is 0 Å². The molecule has 5 nitrogen and oxygen atoms in total. The maximum Gasteiger partial charge on any atom is 0.328 e. The lowest BCUT2D eigenvalue weighted by molar-refractivity contribution is -0.142. The van der Waals surface area contributed by atoms with Crippen LogP contribution in [0.15, 0.2) is 24.3 Å². The van der Waals surface area contributed by atoms with E-state index in [4.69, 9.17) is 5.73 Å². The first-order chi connectivity index (χ1) is 8.32.